The normalized spacial score (nSPS) is 17.1. The number of hydrogen-bond acceptors (Lipinski definition) is 9. The number of ether oxygens (including phenoxy) is 2. The minimum Gasteiger partial charge on any atom is -0.379 e. The molecule has 2 saturated heterocycles. The van der Waals surface area contributed by atoms with E-state index in [1.54, 1.807) is 6.33 Å². The molecule has 0 saturated carbocycles. The molecule has 0 spiro atoms. The number of likely N-dealkylation sites (N-methyl/N-ethyl adjacent to an activating group) is 1. The molecule has 1 N–H and O–H groups in total. The Bertz CT molecular complexity index is 983. The average molecular weight is 441 g/mol. The fraction of sp³-hybridized carbons (Fsp3) is 0.545. The van der Waals surface area contributed by atoms with E-state index in [1.807, 2.05) is 35.8 Å². The number of morpholine rings is 2. The first-order chi connectivity index (χ1) is 15.8. The summed E-state index contributed by atoms with van der Waals surface area (Å²) in [5, 5.41) is 3.18. The molecule has 0 unspecified atom stereocenters. The van der Waals surface area contributed by atoms with Gasteiger partial charge in [-0.1, -0.05) is 19.1 Å². The predicted molar refractivity (Wildman–Crippen MR) is 125 cm³/mol. The molecule has 0 atom stereocenters. The van der Waals surface area contributed by atoms with Crippen LogP contribution >= 0.6 is 0 Å². The maximum absolute atomic E-state index is 5.42. The number of nitrogens with one attached hydrogen (secondary N) is 1. The summed E-state index contributed by atoms with van der Waals surface area (Å²) in [5.41, 5.74) is 1.88. The molecule has 2 fully saturated rings. The largest absolute Gasteiger partial charge is 0.379 e. The fourth-order valence-corrected chi connectivity index (χ4v) is 3.64. The Labute approximate surface area is 188 Å². The summed E-state index contributed by atoms with van der Waals surface area (Å²) < 4.78 is 12.5. The lowest BCUT2D eigenvalue weighted by molar-refractivity contribution is 0.0405. The second kappa shape index (κ2) is 11.2. The lowest BCUT2D eigenvalue weighted by atomic mass is 10.3. The smallest absolute Gasteiger partial charge is 0.242 e. The molecule has 32 heavy (non-hydrogen) atoms. The van der Waals surface area contributed by atoms with Gasteiger partial charge in [0.2, 0.25) is 17.8 Å². The van der Waals surface area contributed by atoms with E-state index < -0.39 is 0 Å². The molecule has 1 aromatic carbocycles. The van der Waals surface area contributed by atoms with Crippen molar-refractivity contribution < 1.29 is 9.47 Å². The lowest BCUT2D eigenvalue weighted by Gasteiger charge is -2.27. The van der Waals surface area contributed by atoms with Gasteiger partial charge in [0.15, 0.2) is 0 Å². The standard InChI is InChI=1S/C16H19N7O.C6H13NO/c1-2-17-14-19-15(22-7-9-24-10-8-22)21-16(20-14)23-11-18-12-5-3-4-6-13(12)23;1-2-7-3-5-8-6-4-7/h3-6,11H,2,7-10H2,1H3,(H,17,19,20,21);2-6H2,1H3. The molecule has 10 nitrogen and oxygen atoms in total. The van der Waals surface area contributed by atoms with Crippen LogP contribution in [0.2, 0.25) is 0 Å². The van der Waals surface area contributed by atoms with Gasteiger partial charge >= 0.3 is 0 Å². The van der Waals surface area contributed by atoms with Crippen LogP contribution in [0.5, 0.6) is 0 Å². The van der Waals surface area contributed by atoms with E-state index in [1.165, 1.54) is 6.54 Å². The van der Waals surface area contributed by atoms with Crippen LogP contribution < -0.4 is 10.2 Å². The number of para-hydroxylation sites is 2. The predicted octanol–water partition coefficient (Wildman–Crippen LogP) is 1.82. The number of imidazole rings is 1. The monoisotopic (exact) mass is 440 g/mol. The number of aromatic nitrogens is 5. The Morgan fingerprint density at radius 3 is 2.25 bits per heavy atom. The zero-order valence-corrected chi connectivity index (χ0v) is 18.9. The number of rotatable bonds is 5. The van der Waals surface area contributed by atoms with Gasteiger partial charge in [0.25, 0.3) is 0 Å². The van der Waals surface area contributed by atoms with Crippen LogP contribution in [0.1, 0.15) is 13.8 Å². The van der Waals surface area contributed by atoms with E-state index in [9.17, 15) is 0 Å². The third kappa shape index (κ3) is 5.50. The van der Waals surface area contributed by atoms with Gasteiger partial charge in [0, 0.05) is 32.7 Å². The molecular formula is C22H32N8O2. The van der Waals surface area contributed by atoms with Crippen molar-refractivity contribution in [2.45, 2.75) is 13.8 Å². The third-order valence-electron chi connectivity index (χ3n) is 5.46. The molecular weight excluding hydrogens is 408 g/mol. The summed E-state index contributed by atoms with van der Waals surface area (Å²) in [6.07, 6.45) is 1.75. The molecule has 2 aromatic heterocycles. The molecule has 3 aromatic rings. The van der Waals surface area contributed by atoms with Crippen LogP contribution in [0.4, 0.5) is 11.9 Å². The Kier molecular flexibility index (Phi) is 7.81. The van der Waals surface area contributed by atoms with E-state index in [0.717, 1.165) is 57.0 Å². The number of benzene rings is 1. The Balaban J connectivity index is 0.000000260. The highest BCUT2D eigenvalue weighted by Crippen LogP contribution is 2.19. The van der Waals surface area contributed by atoms with Crippen molar-refractivity contribution in [3.05, 3.63) is 30.6 Å². The number of anilines is 2. The highest BCUT2D eigenvalue weighted by molar-refractivity contribution is 5.76. The first kappa shape index (κ1) is 22.4. The number of hydrogen-bond donors (Lipinski definition) is 1. The summed E-state index contributed by atoms with van der Waals surface area (Å²) in [7, 11) is 0. The third-order valence-corrected chi connectivity index (χ3v) is 5.46. The van der Waals surface area contributed by atoms with Crippen molar-refractivity contribution in [2.75, 3.05) is 75.9 Å². The Morgan fingerprint density at radius 1 is 0.875 bits per heavy atom. The fourth-order valence-electron chi connectivity index (χ4n) is 3.64. The first-order valence-corrected chi connectivity index (χ1v) is 11.3. The number of fused-ring (bicyclic) bond motifs is 1. The Hall–Kier alpha value is -2.82. The van der Waals surface area contributed by atoms with Crippen LogP contribution in [0.3, 0.4) is 0 Å². The molecule has 5 rings (SSSR count). The van der Waals surface area contributed by atoms with Gasteiger partial charge in [-0.15, -0.1) is 0 Å². The second-order valence-electron chi connectivity index (χ2n) is 7.54. The Morgan fingerprint density at radius 2 is 1.56 bits per heavy atom. The van der Waals surface area contributed by atoms with Crippen LogP contribution in [0, 0.1) is 0 Å². The molecule has 2 aliphatic rings. The zero-order chi connectivity index (χ0) is 22.2. The van der Waals surface area contributed by atoms with Gasteiger partial charge in [0.05, 0.1) is 37.5 Å². The van der Waals surface area contributed by atoms with E-state index in [2.05, 4.69) is 42.0 Å². The highest BCUT2D eigenvalue weighted by Gasteiger charge is 2.18. The molecule has 172 valence electrons. The van der Waals surface area contributed by atoms with Crippen molar-refractivity contribution in [3.8, 4) is 5.95 Å². The van der Waals surface area contributed by atoms with Gasteiger partial charge < -0.3 is 19.7 Å². The van der Waals surface area contributed by atoms with Crippen molar-refractivity contribution >= 4 is 22.9 Å². The molecule has 0 amide bonds. The first-order valence-electron chi connectivity index (χ1n) is 11.3. The van der Waals surface area contributed by atoms with Gasteiger partial charge in [-0.25, -0.2) is 4.98 Å². The maximum Gasteiger partial charge on any atom is 0.242 e. The molecule has 0 bridgehead atoms. The van der Waals surface area contributed by atoms with Crippen LogP contribution in [-0.4, -0.2) is 95.1 Å². The summed E-state index contributed by atoms with van der Waals surface area (Å²) in [4.78, 5) is 22.7. The highest BCUT2D eigenvalue weighted by atomic mass is 16.5. The van der Waals surface area contributed by atoms with E-state index >= 15 is 0 Å². The number of nitrogens with zero attached hydrogens (tertiary/aromatic N) is 7. The molecule has 0 aliphatic carbocycles. The molecule has 2 aliphatic heterocycles. The SMILES string of the molecule is CCN1CCOCC1.CCNc1nc(N2CCOCC2)nc(-n2cnc3ccccc32)n1. The summed E-state index contributed by atoms with van der Waals surface area (Å²) >= 11 is 0. The summed E-state index contributed by atoms with van der Waals surface area (Å²) in [5.74, 6) is 1.80. The van der Waals surface area contributed by atoms with Crippen molar-refractivity contribution in [1.29, 1.82) is 0 Å². The van der Waals surface area contributed by atoms with Crippen molar-refractivity contribution in [2.24, 2.45) is 0 Å². The minimum atomic E-state index is 0.566. The average Bonchev–Trinajstić information content (AvgIpc) is 3.30. The van der Waals surface area contributed by atoms with E-state index in [-0.39, 0.29) is 0 Å². The minimum absolute atomic E-state index is 0.566. The molecule has 10 heteroatoms. The van der Waals surface area contributed by atoms with Gasteiger partial charge in [-0.05, 0) is 25.6 Å². The second-order valence-corrected chi connectivity index (χ2v) is 7.54. The van der Waals surface area contributed by atoms with Gasteiger partial charge in [0.1, 0.15) is 6.33 Å². The topological polar surface area (TPSA) is 93.5 Å². The van der Waals surface area contributed by atoms with Crippen molar-refractivity contribution in [1.82, 2.24) is 29.4 Å². The van der Waals surface area contributed by atoms with Gasteiger partial charge in [-0.2, -0.15) is 15.0 Å². The quantitative estimate of drug-likeness (QED) is 0.637. The zero-order valence-electron chi connectivity index (χ0n) is 18.9. The van der Waals surface area contributed by atoms with Crippen molar-refractivity contribution in [3.63, 3.8) is 0 Å². The van der Waals surface area contributed by atoms with Crippen LogP contribution in [0.25, 0.3) is 17.0 Å². The summed E-state index contributed by atoms with van der Waals surface area (Å²) in [6.45, 7) is 13.1. The summed E-state index contributed by atoms with van der Waals surface area (Å²) in [6, 6.07) is 7.93. The lowest BCUT2D eigenvalue weighted by Crippen LogP contribution is -2.37. The molecule has 4 heterocycles. The van der Waals surface area contributed by atoms with Gasteiger partial charge in [-0.3, -0.25) is 9.47 Å². The van der Waals surface area contributed by atoms with Crippen LogP contribution in [-0.2, 0) is 9.47 Å². The maximum atomic E-state index is 5.42. The van der Waals surface area contributed by atoms with Crippen LogP contribution in [0.15, 0.2) is 30.6 Å². The molecule has 0 radical (unpaired) electrons. The van der Waals surface area contributed by atoms with E-state index in [0.29, 0.717) is 31.1 Å². The van der Waals surface area contributed by atoms with E-state index in [4.69, 9.17) is 9.47 Å².